The Morgan fingerprint density at radius 3 is 2.82 bits per heavy atom. The van der Waals surface area contributed by atoms with Crippen LogP contribution < -0.4 is 10.6 Å². The van der Waals surface area contributed by atoms with Gasteiger partial charge in [0.15, 0.2) is 0 Å². The molecule has 1 heterocycles. The zero-order valence-electron chi connectivity index (χ0n) is 10.00. The van der Waals surface area contributed by atoms with Crippen LogP contribution >= 0.6 is 11.6 Å². The average molecular weight is 250 g/mol. The van der Waals surface area contributed by atoms with E-state index in [4.69, 9.17) is 17.3 Å². The summed E-state index contributed by atoms with van der Waals surface area (Å²) >= 11 is 6.03. The standard InChI is InChI=1S/C13H16ClN3/c1-9-5-13(12(15)6-11(9)14)17(2)8-10-3-4-16-7-10/h3-7,16H,8,15H2,1-2H3. The number of benzene rings is 1. The number of rotatable bonds is 3. The molecule has 3 nitrogen and oxygen atoms in total. The third kappa shape index (κ3) is 2.56. The lowest BCUT2D eigenvalue weighted by Crippen LogP contribution is -2.17. The molecule has 17 heavy (non-hydrogen) atoms. The zero-order valence-corrected chi connectivity index (χ0v) is 10.8. The van der Waals surface area contributed by atoms with Crippen molar-refractivity contribution in [2.24, 2.45) is 0 Å². The van der Waals surface area contributed by atoms with Crippen LogP contribution in [0.15, 0.2) is 30.6 Å². The number of aryl methyl sites for hydroxylation is 1. The molecule has 0 aliphatic rings. The number of hydrogen-bond donors (Lipinski definition) is 2. The third-order valence-electron chi connectivity index (χ3n) is 2.80. The molecule has 0 saturated heterocycles. The number of nitrogens with two attached hydrogens (primary N) is 1. The van der Waals surface area contributed by atoms with Crippen LogP contribution in [0.25, 0.3) is 0 Å². The lowest BCUT2D eigenvalue weighted by atomic mass is 10.1. The second-order valence-electron chi connectivity index (χ2n) is 4.24. The second kappa shape index (κ2) is 4.72. The van der Waals surface area contributed by atoms with Crippen molar-refractivity contribution in [2.75, 3.05) is 17.7 Å². The Morgan fingerprint density at radius 1 is 1.41 bits per heavy atom. The molecule has 0 fully saturated rings. The van der Waals surface area contributed by atoms with Gasteiger partial charge >= 0.3 is 0 Å². The first-order valence-electron chi connectivity index (χ1n) is 5.46. The first-order chi connectivity index (χ1) is 8.08. The minimum absolute atomic E-state index is 0.707. The average Bonchev–Trinajstić information content (AvgIpc) is 2.76. The molecule has 1 aromatic carbocycles. The highest BCUT2D eigenvalue weighted by Crippen LogP contribution is 2.29. The normalized spacial score (nSPS) is 10.5. The molecule has 0 aliphatic heterocycles. The zero-order chi connectivity index (χ0) is 12.4. The van der Waals surface area contributed by atoms with Crippen molar-refractivity contribution >= 4 is 23.0 Å². The maximum atomic E-state index is 6.03. The highest BCUT2D eigenvalue weighted by Gasteiger charge is 2.08. The van der Waals surface area contributed by atoms with Gasteiger partial charge in [-0.2, -0.15) is 0 Å². The van der Waals surface area contributed by atoms with Crippen molar-refractivity contribution in [3.05, 3.63) is 46.7 Å². The molecule has 0 radical (unpaired) electrons. The monoisotopic (exact) mass is 249 g/mol. The topological polar surface area (TPSA) is 45.0 Å². The SMILES string of the molecule is Cc1cc(N(C)Cc2cc[nH]c2)c(N)cc1Cl. The number of anilines is 2. The summed E-state index contributed by atoms with van der Waals surface area (Å²) in [6.07, 6.45) is 3.90. The molecule has 0 amide bonds. The van der Waals surface area contributed by atoms with Gasteiger partial charge in [0, 0.05) is 31.0 Å². The van der Waals surface area contributed by atoms with Crippen molar-refractivity contribution < 1.29 is 0 Å². The van der Waals surface area contributed by atoms with Crippen LogP contribution in [-0.4, -0.2) is 12.0 Å². The minimum atomic E-state index is 0.707. The molecule has 3 N–H and O–H groups in total. The van der Waals surface area contributed by atoms with Gasteiger partial charge < -0.3 is 15.6 Å². The molecular formula is C13H16ClN3. The van der Waals surface area contributed by atoms with E-state index in [9.17, 15) is 0 Å². The van der Waals surface area contributed by atoms with E-state index in [1.165, 1.54) is 5.56 Å². The number of nitrogens with zero attached hydrogens (tertiary/aromatic N) is 1. The van der Waals surface area contributed by atoms with Crippen molar-refractivity contribution in [3.63, 3.8) is 0 Å². The van der Waals surface area contributed by atoms with Crippen LogP contribution in [0.5, 0.6) is 0 Å². The maximum absolute atomic E-state index is 6.03. The van der Waals surface area contributed by atoms with Gasteiger partial charge in [-0.3, -0.25) is 0 Å². The van der Waals surface area contributed by atoms with Crippen LogP contribution in [0, 0.1) is 6.92 Å². The van der Waals surface area contributed by atoms with Crippen LogP contribution in [0.4, 0.5) is 11.4 Å². The first-order valence-corrected chi connectivity index (χ1v) is 5.84. The summed E-state index contributed by atoms with van der Waals surface area (Å²) in [7, 11) is 2.02. The summed E-state index contributed by atoms with van der Waals surface area (Å²) in [6.45, 7) is 2.80. The highest BCUT2D eigenvalue weighted by molar-refractivity contribution is 6.31. The molecule has 1 aromatic heterocycles. The van der Waals surface area contributed by atoms with E-state index in [1.807, 2.05) is 32.4 Å². The Labute approximate surface area is 106 Å². The van der Waals surface area contributed by atoms with Crippen molar-refractivity contribution in [3.8, 4) is 0 Å². The quantitative estimate of drug-likeness (QED) is 0.821. The molecule has 4 heteroatoms. The summed E-state index contributed by atoms with van der Waals surface area (Å²) in [5.41, 5.74) is 9.96. The van der Waals surface area contributed by atoms with Crippen LogP contribution in [0.2, 0.25) is 5.02 Å². The summed E-state index contributed by atoms with van der Waals surface area (Å²) in [4.78, 5) is 5.16. The molecule has 0 saturated carbocycles. The molecule has 0 spiro atoms. The fourth-order valence-corrected chi connectivity index (χ4v) is 2.00. The summed E-state index contributed by atoms with van der Waals surface area (Å²) in [6, 6.07) is 5.87. The van der Waals surface area contributed by atoms with Gasteiger partial charge in [-0.05, 0) is 36.2 Å². The Hall–Kier alpha value is -1.61. The van der Waals surface area contributed by atoms with E-state index in [0.29, 0.717) is 10.7 Å². The molecule has 90 valence electrons. The summed E-state index contributed by atoms with van der Waals surface area (Å²) < 4.78 is 0. The van der Waals surface area contributed by atoms with Crippen molar-refractivity contribution in [1.29, 1.82) is 0 Å². The highest BCUT2D eigenvalue weighted by atomic mass is 35.5. The van der Waals surface area contributed by atoms with Crippen LogP contribution in [0.3, 0.4) is 0 Å². The van der Waals surface area contributed by atoms with E-state index in [0.717, 1.165) is 17.8 Å². The fourth-order valence-electron chi connectivity index (χ4n) is 1.83. The lowest BCUT2D eigenvalue weighted by Gasteiger charge is -2.21. The Bertz CT molecular complexity index is 506. The van der Waals surface area contributed by atoms with Gasteiger partial charge in [0.1, 0.15) is 0 Å². The smallest absolute Gasteiger partial charge is 0.0604 e. The van der Waals surface area contributed by atoms with Crippen molar-refractivity contribution in [2.45, 2.75) is 13.5 Å². The molecule has 0 bridgehead atoms. The van der Waals surface area contributed by atoms with Gasteiger partial charge in [-0.1, -0.05) is 11.6 Å². The predicted octanol–water partition coefficient (Wildman–Crippen LogP) is 3.20. The Morgan fingerprint density at radius 2 is 2.18 bits per heavy atom. The number of aromatic nitrogens is 1. The first kappa shape index (κ1) is 11.9. The number of nitrogens with one attached hydrogen (secondary N) is 1. The van der Waals surface area contributed by atoms with Gasteiger partial charge in [0.2, 0.25) is 0 Å². The summed E-state index contributed by atoms with van der Waals surface area (Å²) in [5, 5.41) is 0.710. The van der Waals surface area contributed by atoms with Crippen molar-refractivity contribution in [1.82, 2.24) is 4.98 Å². The van der Waals surface area contributed by atoms with Crippen LogP contribution in [0.1, 0.15) is 11.1 Å². The van der Waals surface area contributed by atoms with Gasteiger partial charge in [-0.15, -0.1) is 0 Å². The van der Waals surface area contributed by atoms with Gasteiger partial charge in [0.25, 0.3) is 0 Å². The minimum Gasteiger partial charge on any atom is -0.397 e. The second-order valence-corrected chi connectivity index (χ2v) is 4.64. The van der Waals surface area contributed by atoms with E-state index in [2.05, 4.69) is 16.0 Å². The number of H-pyrrole nitrogens is 1. The van der Waals surface area contributed by atoms with E-state index in [1.54, 1.807) is 6.07 Å². The van der Waals surface area contributed by atoms with E-state index in [-0.39, 0.29) is 0 Å². The van der Waals surface area contributed by atoms with Gasteiger partial charge in [-0.25, -0.2) is 0 Å². The molecule has 0 atom stereocenters. The molecule has 2 rings (SSSR count). The number of hydrogen-bond acceptors (Lipinski definition) is 2. The lowest BCUT2D eigenvalue weighted by molar-refractivity contribution is 0.925. The van der Waals surface area contributed by atoms with E-state index < -0.39 is 0 Å². The Balaban J connectivity index is 2.24. The molecule has 0 aliphatic carbocycles. The number of nitrogen functional groups attached to an aromatic ring is 1. The fraction of sp³-hybridized carbons (Fsp3) is 0.231. The van der Waals surface area contributed by atoms with Gasteiger partial charge in [0.05, 0.1) is 11.4 Å². The predicted molar refractivity (Wildman–Crippen MR) is 73.5 cm³/mol. The largest absolute Gasteiger partial charge is 0.397 e. The molecular weight excluding hydrogens is 234 g/mol. The third-order valence-corrected chi connectivity index (χ3v) is 3.21. The Kier molecular flexibility index (Phi) is 3.29. The molecule has 0 unspecified atom stereocenters. The number of halogens is 1. The molecule has 2 aromatic rings. The van der Waals surface area contributed by atoms with E-state index >= 15 is 0 Å². The van der Waals surface area contributed by atoms with Crippen LogP contribution in [-0.2, 0) is 6.54 Å². The maximum Gasteiger partial charge on any atom is 0.0604 e. The summed E-state index contributed by atoms with van der Waals surface area (Å²) in [5.74, 6) is 0. The number of aromatic amines is 1.